The van der Waals surface area contributed by atoms with E-state index in [0.717, 1.165) is 59.1 Å². The highest BCUT2D eigenvalue weighted by Gasteiger charge is 2.21. The van der Waals surface area contributed by atoms with Crippen molar-refractivity contribution in [2.24, 2.45) is 0 Å². The molecule has 1 saturated carbocycles. The molecule has 2 aromatic heterocycles. The van der Waals surface area contributed by atoms with Gasteiger partial charge in [0, 0.05) is 17.3 Å². The zero-order valence-electron chi connectivity index (χ0n) is 17.2. The number of nitrogens with one attached hydrogen (secondary N) is 2. The van der Waals surface area contributed by atoms with Crippen LogP contribution in [0.25, 0.3) is 21.9 Å². The van der Waals surface area contributed by atoms with Gasteiger partial charge < -0.3 is 25.3 Å². The fourth-order valence-electron chi connectivity index (χ4n) is 3.96. The van der Waals surface area contributed by atoms with Crippen LogP contribution >= 0.6 is 0 Å². The van der Waals surface area contributed by atoms with Gasteiger partial charge in [0.1, 0.15) is 23.2 Å². The molecule has 0 unspecified atom stereocenters. The third-order valence-electron chi connectivity index (χ3n) is 5.66. The molecule has 4 N–H and O–H groups in total. The van der Waals surface area contributed by atoms with E-state index >= 15 is 0 Å². The standard InChI is InChI=1S/C23H25N5O3/c1-13(29)22-26-18-10-5-15(11-19(18)27-22)25-23-24-12-14-3-2-4-20(21(14)28-23)31-17-8-6-16(30)7-9-17/h2-5,10-13,16-17,29-30H,6-9H2,1H3,(H,26,27)(H,24,25,28)/t13-,16?,17?/m0/s1. The SMILES string of the molecule is C[C@H](O)c1nc2ccc(Nc3ncc4cccc(OC5CCC(O)CC5)c4n3)cc2[nH]1. The van der Waals surface area contributed by atoms with Gasteiger partial charge in [-0.05, 0) is 56.9 Å². The molecule has 0 aliphatic heterocycles. The number of benzene rings is 2. The molecule has 4 aromatic rings. The molecule has 2 heterocycles. The maximum Gasteiger partial charge on any atom is 0.227 e. The minimum Gasteiger partial charge on any atom is -0.488 e. The highest BCUT2D eigenvalue weighted by Crippen LogP contribution is 2.30. The number of hydrogen-bond donors (Lipinski definition) is 4. The first kappa shape index (κ1) is 19.7. The summed E-state index contributed by atoms with van der Waals surface area (Å²) in [5.41, 5.74) is 3.18. The Morgan fingerprint density at radius 1 is 1.13 bits per heavy atom. The van der Waals surface area contributed by atoms with Gasteiger partial charge in [-0.15, -0.1) is 0 Å². The average molecular weight is 419 g/mol. The summed E-state index contributed by atoms with van der Waals surface area (Å²) in [5.74, 6) is 1.73. The third-order valence-corrected chi connectivity index (χ3v) is 5.66. The predicted octanol–water partition coefficient (Wildman–Crippen LogP) is 3.99. The number of anilines is 2. The van der Waals surface area contributed by atoms with Crippen LogP contribution in [0.2, 0.25) is 0 Å². The molecule has 1 fully saturated rings. The summed E-state index contributed by atoms with van der Waals surface area (Å²) in [7, 11) is 0. The van der Waals surface area contributed by atoms with Crippen LogP contribution in [0.5, 0.6) is 5.75 Å². The molecular formula is C23H25N5O3. The number of fused-ring (bicyclic) bond motifs is 2. The Kier molecular flexibility index (Phi) is 5.17. The molecule has 8 heteroatoms. The Morgan fingerprint density at radius 2 is 1.97 bits per heavy atom. The van der Waals surface area contributed by atoms with Gasteiger partial charge in [0.05, 0.1) is 23.2 Å². The molecule has 160 valence electrons. The number of hydrogen-bond acceptors (Lipinski definition) is 7. The van der Waals surface area contributed by atoms with Crippen molar-refractivity contribution >= 4 is 33.6 Å². The lowest BCUT2D eigenvalue weighted by Crippen LogP contribution is -2.26. The lowest BCUT2D eigenvalue weighted by Gasteiger charge is -2.26. The van der Waals surface area contributed by atoms with E-state index in [2.05, 4.69) is 20.3 Å². The number of aliphatic hydroxyl groups is 2. The fourth-order valence-corrected chi connectivity index (χ4v) is 3.96. The number of H-pyrrole nitrogens is 1. The van der Waals surface area contributed by atoms with Gasteiger partial charge in [-0.2, -0.15) is 0 Å². The van der Waals surface area contributed by atoms with Crippen molar-refractivity contribution in [3.8, 4) is 5.75 Å². The third kappa shape index (κ3) is 4.17. The molecule has 1 aliphatic carbocycles. The average Bonchev–Trinajstić information content (AvgIpc) is 3.20. The first-order valence-corrected chi connectivity index (χ1v) is 10.6. The highest BCUT2D eigenvalue weighted by molar-refractivity contribution is 5.85. The Bertz CT molecular complexity index is 1210. The van der Waals surface area contributed by atoms with Gasteiger partial charge in [0.25, 0.3) is 0 Å². The van der Waals surface area contributed by atoms with Gasteiger partial charge in [-0.3, -0.25) is 0 Å². The molecule has 2 aromatic carbocycles. The van der Waals surface area contributed by atoms with Crippen molar-refractivity contribution in [3.63, 3.8) is 0 Å². The van der Waals surface area contributed by atoms with E-state index in [9.17, 15) is 10.2 Å². The number of aliphatic hydroxyl groups excluding tert-OH is 2. The normalized spacial score (nSPS) is 20.1. The number of imidazole rings is 1. The van der Waals surface area contributed by atoms with Gasteiger partial charge in [0.15, 0.2) is 0 Å². The molecule has 0 amide bonds. The van der Waals surface area contributed by atoms with Gasteiger partial charge in [0.2, 0.25) is 5.95 Å². The summed E-state index contributed by atoms with van der Waals surface area (Å²) in [6.07, 6.45) is 4.22. The first-order valence-electron chi connectivity index (χ1n) is 10.6. The molecule has 31 heavy (non-hydrogen) atoms. The summed E-state index contributed by atoms with van der Waals surface area (Å²) in [5, 5.41) is 23.6. The van der Waals surface area contributed by atoms with Crippen LogP contribution in [0.15, 0.2) is 42.6 Å². The quantitative estimate of drug-likeness (QED) is 0.386. The molecule has 1 atom stereocenters. The summed E-state index contributed by atoms with van der Waals surface area (Å²) in [6.45, 7) is 1.68. The van der Waals surface area contributed by atoms with Crippen molar-refractivity contribution < 1.29 is 14.9 Å². The zero-order chi connectivity index (χ0) is 21.4. The van der Waals surface area contributed by atoms with E-state index < -0.39 is 6.10 Å². The van der Waals surface area contributed by atoms with Gasteiger partial charge in [-0.1, -0.05) is 12.1 Å². The van der Waals surface area contributed by atoms with E-state index in [1.807, 2.05) is 36.4 Å². The van der Waals surface area contributed by atoms with E-state index in [0.29, 0.717) is 11.8 Å². The van der Waals surface area contributed by atoms with Crippen molar-refractivity contribution in [3.05, 3.63) is 48.4 Å². The number of para-hydroxylation sites is 1. The molecule has 0 bridgehead atoms. The minimum absolute atomic E-state index is 0.0891. The summed E-state index contributed by atoms with van der Waals surface area (Å²) >= 11 is 0. The van der Waals surface area contributed by atoms with Crippen LogP contribution in [0.4, 0.5) is 11.6 Å². The summed E-state index contributed by atoms with van der Waals surface area (Å²) < 4.78 is 6.24. The van der Waals surface area contributed by atoms with Crippen molar-refractivity contribution in [2.45, 2.75) is 50.9 Å². The molecule has 5 rings (SSSR count). The summed E-state index contributed by atoms with van der Waals surface area (Å²) in [4.78, 5) is 16.6. The zero-order valence-corrected chi connectivity index (χ0v) is 17.2. The smallest absolute Gasteiger partial charge is 0.227 e. The fraction of sp³-hybridized carbons (Fsp3) is 0.348. The van der Waals surface area contributed by atoms with Crippen LogP contribution in [0.1, 0.15) is 44.5 Å². The number of aromatic amines is 1. The van der Waals surface area contributed by atoms with E-state index in [1.165, 1.54) is 0 Å². The lowest BCUT2D eigenvalue weighted by molar-refractivity contribution is 0.0672. The Hall–Kier alpha value is -3.23. The molecule has 8 nitrogen and oxygen atoms in total. The lowest BCUT2D eigenvalue weighted by atomic mass is 9.95. The van der Waals surface area contributed by atoms with E-state index in [4.69, 9.17) is 9.72 Å². The first-order chi connectivity index (χ1) is 15.0. The molecule has 0 saturated heterocycles. The largest absolute Gasteiger partial charge is 0.488 e. The molecular weight excluding hydrogens is 394 g/mol. The molecule has 0 radical (unpaired) electrons. The van der Waals surface area contributed by atoms with Crippen LogP contribution < -0.4 is 10.1 Å². The van der Waals surface area contributed by atoms with Crippen LogP contribution in [0.3, 0.4) is 0 Å². The van der Waals surface area contributed by atoms with Crippen LogP contribution in [0, 0.1) is 0 Å². The Morgan fingerprint density at radius 3 is 2.77 bits per heavy atom. The van der Waals surface area contributed by atoms with Crippen molar-refractivity contribution in [1.29, 1.82) is 0 Å². The topological polar surface area (TPSA) is 116 Å². The highest BCUT2D eigenvalue weighted by atomic mass is 16.5. The van der Waals surface area contributed by atoms with Crippen LogP contribution in [-0.2, 0) is 0 Å². The van der Waals surface area contributed by atoms with Crippen molar-refractivity contribution in [1.82, 2.24) is 19.9 Å². The van der Waals surface area contributed by atoms with Gasteiger partial charge >= 0.3 is 0 Å². The summed E-state index contributed by atoms with van der Waals surface area (Å²) in [6, 6.07) is 11.5. The maximum atomic E-state index is 9.73. The Labute approximate surface area is 179 Å². The van der Waals surface area contributed by atoms with E-state index in [-0.39, 0.29) is 12.2 Å². The second-order valence-corrected chi connectivity index (χ2v) is 8.09. The second kappa shape index (κ2) is 8.13. The Balaban J connectivity index is 1.40. The van der Waals surface area contributed by atoms with Crippen LogP contribution in [-0.4, -0.2) is 42.4 Å². The number of ether oxygens (including phenoxy) is 1. The maximum absolute atomic E-state index is 9.73. The monoisotopic (exact) mass is 419 g/mol. The number of rotatable bonds is 5. The number of nitrogens with zero attached hydrogens (tertiary/aromatic N) is 3. The second-order valence-electron chi connectivity index (χ2n) is 8.09. The molecule has 0 spiro atoms. The predicted molar refractivity (Wildman–Crippen MR) is 118 cm³/mol. The van der Waals surface area contributed by atoms with E-state index in [1.54, 1.807) is 13.1 Å². The van der Waals surface area contributed by atoms with Gasteiger partial charge in [-0.25, -0.2) is 15.0 Å². The molecule has 1 aliphatic rings. The number of aromatic nitrogens is 4. The minimum atomic E-state index is -0.654. The van der Waals surface area contributed by atoms with Crippen molar-refractivity contribution in [2.75, 3.05) is 5.32 Å².